The lowest BCUT2D eigenvalue weighted by atomic mass is 9.97. The van der Waals surface area contributed by atoms with E-state index in [9.17, 15) is 4.79 Å². The Labute approximate surface area is 160 Å². The first kappa shape index (κ1) is 17.3. The van der Waals surface area contributed by atoms with Crippen LogP contribution < -0.4 is 5.32 Å². The topological polar surface area (TPSA) is 58.1 Å². The summed E-state index contributed by atoms with van der Waals surface area (Å²) in [4.78, 5) is 23.7. The largest absolute Gasteiger partial charge is 0.326 e. The average Bonchev–Trinajstić information content (AvgIpc) is 3.36. The second kappa shape index (κ2) is 8.07. The molecule has 2 aromatic heterocycles. The first-order valence-corrected chi connectivity index (χ1v) is 10.5. The van der Waals surface area contributed by atoms with E-state index in [2.05, 4.69) is 20.2 Å². The number of carbonyl (C=O) groups excluding carboxylic acids is 1. The first-order chi connectivity index (χ1) is 12.8. The molecule has 1 saturated heterocycles. The van der Waals surface area contributed by atoms with Crippen LogP contribution in [0.5, 0.6) is 0 Å². The molecule has 1 N–H and O–H groups in total. The number of carbonyl (C=O) groups is 1. The number of nitrogens with zero attached hydrogens (tertiary/aromatic N) is 3. The average molecular weight is 385 g/mol. The summed E-state index contributed by atoms with van der Waals surface area (Å²) in [6.45, 7) is 2.66. The Morgan fingerprint density at radius 2 is 2.15 bits per heavy atom. The van der Waals surface area contributed by atoms with Crippen LogP contribution in [0.4, 0.5) is 5.69 Å². The molecule has 0 spiro atoms. The van der Waals surface area contributed by atoms with E-state index in [1.807, 2.05) is 46.7 Å². The summed E-state index contributed by atoms with van der Waals surface area (Å²) in [7, 11) is 0. The third-order valence-electron chi connectivity index (χ3n) is 4.60. The van der Waals surface area contributed by atoms with Crippen molar-refractivity contribution in [3.8, 4) is 11.3 Å². The van der Waals surface area contributed by atoms with Crippen molar-refractivity contribution in [3.05, 3.63) is 51.7 Å². The fourth-order valence-electron chi connectivity index (χ4n) is 3.26. The highest BCUT2D eigenvalue weighted by Gasteiger charge is 2.26. The molecule has 0 bridgehead atoms. The molecule has 0 aliphatic carbocycles. The molecular weight excluding hydrogens is 364 g/mol. The number of likely N-dealkylation sites (tertiary alicyclic amines) is 1. The van der Waals surface area contributed by atoms with Crippen LogP contribution in [-0.4, -0.2) is 33.9 Å². The maximum absolute atomic E-state index is 12.7. The molecule has 3 heterocycles. The van der Waals surface area contributed by atoms with Crippen molar-refractivity contribution in [2.45, 2.75) is 19.4 Å². The van der Waals surface area contributed by atoms with Crippen LogP contribution in [0.25, 0.3) is 11.3 Å². The standard InChI is InChI=1S/C19H20N4OS2/c24-19(15-2-1-8-23(10-15)11-18-20-7-9-26-18)22-16-5-3-14(4-6-16)17-12-25-13-21-17/h3-7,9,12-13,15H,1-2,8,10-11H2,(H,22,24)/t15-/m0/s1. The number of hydrogen-bond donors (Lipinski definition) is 1. The predicted molar refractivity (Wildman–Crippen MR) is 106 cm³/mol. The Kier molecular flexibility index (Phi) is 5.38. The summed E-state index contributed by atoms with van der Waals surface area (Å²) in [6, 6.07) is 7.89. The van der Waals surface area contributed by atoms with Crippen LogP contribution in [0.15, 0.2) is 46.7 Å². The molecule has 1 aliphatic heterocycles. The number of piperidine rings is 1. The minimum atomic E-state index is 0.0296. The van der Waals surface area contributed by atoms with Gasteiger partial charge in [-0.25, -0.2) is 9.97 Å². The van der Waals surface area contributed by atoms with Gasteiger partial charge in [0.1, 0.15) is 5.01 Å². The van der Waals surface area contributed by atoms with Gasteiger partial charge in [0, 0.05) is 34.8 Å². The first-order valence-electron chi connectivity index (χ1n) is 8.68. The Hall–Kier alpha value is -2.09. The van der Waals surface area contributed by atoms with E-state index in [0.717, 1.165) is 54.4 Å². The maximum Gasteiger partial charge on any atom is 0.228 e. The zero-order valence-corrected chi connectivity index (χ0v) is 15.9. The van der Waals surface area contributed by atoms with E-state index >= 15 is 0 Å². The molecule has 1 aromatic carbocycles. The number of nitrogens with one attached hydrogen (secondary N) is 1. The second-order valence-corrected chi connectivity index (χ2v) is 8.14. The normalized spacial score (nSPS) is 17.9. The van der Waals surface area contributed by atoms with Crippen molar-refractivity contribution in [3.63, 3.8) is 0 Å². The van der Waals surface area contributed by atoms with E-state index in [4.69, 9.17) is 0 Å². The van der Waals surface area contributed by atoms with Crippen molar-refractivity contribution < 1.29 is 4.79 Å². The molecule has 0 unspecified atom stereocenters. The molecule has 26 heavy (non-hydrogen) atoms. The number of anilines is 1. The van der Waals surface area contributed by atoms with E-state index in [0.29, 0.717) is 0 Å². The van der Waals surface area contributed by atoms with E-state index in [1.54, 1.807) is 22.7 Å². The maximum atomic E-state index is 12.7. The Morgan fingerprint density at radius 1 is 1.27 bits per heavy atom. The minimum Gasteiger partial charge on any atom is -0.326 e. The molecule has 0 radical (unpaired) electrons. The molecule has 1 aliphatic rings. The third-order valence-corrected chi connectivity index (χ3v) is 5.95. The monoisotopic (exact) mass is 384 g/mol. The molecule has 1 atom stereocenters. The number of aromatic nitrogens is 2. The summed E-state index contributed by atoms with van der Waals surface area (Å²) < 4.78 is 0. The predicted octanol–water partition coefficient (Wildman–Crippen LogP) is 4.12. The van der Waals surface area contributed by atoms with Gasteiger partial charge in [0.05, 0.1) is 23.7 Å². The summed E-state index contributed by atoms with van der Waals surface area (Å²) in [6.07, 6.45) is 3.83. The van der Waals surface area contributed by atoms with Gasteiger partial charge in [0.2, 0.25) is 5.91 Å². The van der Waals surface area contributed by atoms with Crippen LogP contribution in [0, 0.1) is 5.92 Å². The quantitative estimate of drug-likeness (QED) is 0.719. The molecule has 134 valence electrons. The number of rotatable bonds is 5. The molecule has 0 saturated carbocycles. The summed E-state index contributed by atoms with van der Waals surface area (Å²) in [5.74, 6) is 0.136. The van der Waals surface area contributed by atoms with Gasteiger partial charge >= 0.3 is 0 Å². The van der Waals surface area contributed by atoms with Gasteiger partial charge in [-0.15, -0.1) is 22.7 Å². The Balaban J connectivity index is 1.35. The minimum absolute atomic E-state index is 0.0296. The van der Waals surface area contributed by atoms with Gasteiger partial charge in [0.15, 0.2) is 0 Å². The second-order valence-electron chi connectivity index (χ2n) is 6.44. The highest BCUT2D eigenvalue weighted by Crippen LogP contribution is 2.23. The summed E-state index contributed by atoms with van der Waals surface area (Å²) in [5, 5.41) is 8.20. The van der Waals surface area contributed by atoms with Crippen LogP contribution in [0.2, 0.25) is 0 Å². The highest BCUT2D eigenvalue weighted by molar-refractivity contribution is 7.09. The van der Waals surface area contributed by atoms with Crippen LogP contribution in [-0.2, 0) is 11.3 Å². The highest BCUT2D eigenvalue weighted by atomic mass is 32.1. The molecule has 7 heteroatoms. The SMILES string of the molecule is O=C(Nc1ccc(-c2cscn2)cc1)[C@H]1CCCN(Cc2nccs2)C1. The van der Waals surface area contributed by atoms with Crippen molar-refractivity contribution in [1.82, 2.24) is 14.9 Å². The van der Waals surface area contributed by atoms with Gasteiger partial charge in [-0.3, -0.25) is 9.69 Å². The van der Waals surface area contributed by atoms with Crippen molar-refractivity contribution in [2.24, 2.45) is 5.92 Å². The Bertz CT molecular complexity index is 831. The molecule has 1 fully saturated rings. The molecule has 5 nitrogen and oxygen atoms in total. The number of amides is 1. The van der Waals surface area contributed by atoms with Crippen LogP contribution >= 0.6 is 22.7 Å². The number of thiazole rings is 2. The van der Waals surface area contributed by atoms with Gasteiger partial charge in [-0.1, -0.05) is 12.1 Å². The van der Waals surface area contributed by atoms with Crippen molar-refractivity contribution in [2.75, 3.05) is 18.4 Å². The van der Waals surface area contributed by atoms with E-state index in [-0.39, 0.29) is 11.8 Å². The van der Waals surface area contributed by atoms with Gasteiger partial charge in [0.25, 0.3) is 0 Å². The number of hydrogen-bond acceptors (Lipinski definition) is 6. The summed E-state index contributed by atoms with van der Waals surface area (Å²) >= 11 is 3.25. The zero-order chi connectivity index (χ0) is 17.8. The van der Waals surface area contributed by atoms with Gasteiger partial charge in [-0.2, -0.15) is 0 Å². The zero-order valence-electron chi connectivity index (χ0n) is 14.3. The van der Waals surface area contributed by atoms with Crippen molar-refractivity contribution in [1.29, 1.82) is 0 Å². The van der Waals surface area contributed by atoms with Crippen molar-refractivity contribution >= 4 is 34.3 Å². The van der Waals surface area contributed by atoms with Crippen LogP contribution in [0.1, 0.15) is 17.8 Å². The van der Waals surface area contributed by atoms with E-state index in [1.165, 1.54) is 0 Å². The van der Waals surface area contributed by atoms with E-state index < -0.39 is 0 Å². The molecule has 1 amide bonds. The lowest BCUT2D eigenvalue weighted by Crippen LogP contribution is -2.40. The Morgan fingerprint density at radius 3 is 2.88 bits per heavy atom. The number of benzene rings is 1. The summed E-state index contributed by atoms with van der Waals surface area (Å²) in [5.41, 5.74) is 4.70. The van der Waals surface area contributed by atoms with Gasteiger partial charge < -0.3 is 5.32 Å². The fraction of sp³-hybridized carbons (Fsp3) is 0.316. The fourth-order valence-corrected chi connectivity index (χ4v) is 4.48. The smallest absolute Gasteiger partial charge is 0.228 e. The third kappa shape index (κ3) is 4.17. The lowest BCUT2D eigenvalue weighted by Gasteiger charge is -2.31. The molecule has 4 rings (SSSR count). The van der Waals surface area contributed by atoms with Gasteiger partial charge in [-0.05, 0) is 31.5 Å². The molecular formula is C19H20N4OS2. The molecule has 3 aromatic rings. The van der Waals surface area contributed by atoms with Crippen LogP contribution in [0.3, 0.4) is 0 Å². The lowest BCUT2D eigenvalue weighted by molar-refractivity contribution is -0.121.